The fourth-order valence-corrected chi connectivity index (χ4v) is 3.06. The van der Waals surface area contributed by atoms with Crippen molar-refractivity contribution in [1.82, 2.24) is 4.72 Å². The summed E-state index contributed by atoms with van der Waals surface area (Å²) in [5.41, 5.74) is 2.19. The van der Waals surface area contributed by atoms with Gasteiger partial charge in [0.05, 0.1) is 12.2 Å². The lowest BCUT2D eigenvalue weighted by Crippen LogP contribution is -2.36. The van der Waals surface area contributed by atoms with Crippen LogP contribution in [0, 0.1) is 6.92 Å². The van der Waals surface area contributed by atoms with Gasteiger partial charge in [-0.05, 0) is 31.4 Å². The van der Waals surface area contributed by atoms with Crippen LogP contribution >= 0.6 is 0 Å². The molecule has 19 heavy (non-hydrogen) atoms. The molecule has 0 spiro atoms. The SMILES string of the molecule is Cc1ccccc1CC(C)NS(=O)(=O)CCC(=O)O. The van der Waals surface area contributed by atoms with E-state index in [1.165, 1.54) is 0 Å². The average molecular weight is 285 g/mol. The molecule has 106 valence electrons. The number of carboxylic acid groups (broad SMARTS) is 1. The lowest BCUT2D eigenvalue weighted by atomic mass is 10.0. The molecule has 5 nitrogen and oxygen atoms in total. The highest BCUT2D eigenvalue weighted by Gasteiger charge is 2.16. The van der Waals surface area contributed by atoms with Gasteiger partial charge in [0, 0.05) is 6.04 Å². The zero-order chi connectivity index (χ0) is 14.5. The van der Waals surface area contributed by atoms with Crippen LogP contribution in [-0.4, -0.2) is 31.3 Å². The van der Waals surface area contributed by atoms with Crippen LogP contribution < -0.4 is 4.72 Å². The number of rotatable bonds is 7. The Hall–Kier alpha value is -1.40. The standard InChI is InChI=1S/C13H19NO4S/c1-10-5-3-4-6-12(10)9-11(2)14-19(17,18)8-7-13(15)16/h3-6,11,14H,7-9H2,1-2H3,(H,15,16). The lowest BCUT2D eigenvalue weighted by molar-refractivity contribution is -0.136. The highest BCUT2D eigenvalue weighted by Crippen LogP contribution is 2.10. The maximum Gasteiger partial charge on any atom is 0.304 e. The predicted molar refractivity (Wildman–Crippen MR) is 73.5 cm³/mol. The van der Waals surface area contributed by atoms with E-state index in [0.29, 0.717) is 6.42 Å². The highest BCUT2D eigenvalue weighted by atomic mass is 32.2. The number of hydrogen-bond donors (Lipinski definition) is 2. The van der Waals surface area contributed by atoms with Crippen molar-refractivity contribution in [3.05, 3.63) is 35.4 Å². The van der Waals surface area contributed by atoms with E-state index in [1.807, 2.05) is 31.2 Å². The van der Waals surface area contributed by atoms with Gasteiger partial charge in [-0.15, -0.1) is 0 Å². The maximum absolute atomic E-state index is 11.6. The zero-order valence-corrected chi connectivity index (χ0v) is 11.9. The number of hydrogen-bond acceptors (Lipinski definition) is 3. The van der Waals surface area contributed by atoms with Crippen molar-refractivity contribution in [3.63, 3.8) is 0 Å². The summed E-state index contributed by atoms with van der Waals surface area (Å²) in [6.07, 6.45) is 0.200. The predicted octanol–water partition coefficient (Wildman–Crippen LogP) is 1.32. The molecule has 0 aliphatic heterocycles. The molecule has 1 aromatic rings. The van der Waals surface area contributed by atoms with E-state index >= 15 is 0 Å². The number of carbonyl (C=O) groups is 1. The van der Waals surface area contributed by atoms with E-state index in [0.717, 1.165) is 11.1 Å². The number of aryl methyl sites for hydroxylation is 1. The average Bonchev–Trinajstić information content (AvgIpc) is 2.29. The molecule has 0 amide bonds. The van der Waals surface area contributed by atoms with Gasteiger partial charge in [-0.25, -0.2) is 13.1 Å². The Kier molecular flexibility index (Phi) is 5.50. The summed E-state index contributed by atoms with van der Waals surface area (Å²) in [5, 5.41) is 8.49. The second-order valence-electron chi connectivity index (χ2n) is 4.61. The van der Waals surface area contributed by atoms with Crippen LogP contribution in [0.3, 0.4) is 0 Å². The third-order valence-corrected chi connectivity index (χ3v) is 4.26. The van der Waals surface area contributed by atoms with Crippen LogP contribution in [0.25, 0.3) is 0 Å². The van der Waals surface area contributed by atoms with Gasteiger partial charge in [0.25, 0.3) is 0 Å². The van der Waals surface area contributed by atoms with Crippen molar-refractivity contribution in [3.8, 4) is 0 Å². The van der Waals surface area contributed by atoms with Gasteiger partial charge < -0.3 is 5.11 Å². The van der Waals surface area contributed by atoms with Crippen molar-refractivity contribution in [1.29, 1.82) is 0 Å². The van der Waals surface area contributed by atoms with E-state index in [4.69, 9.17) is 5.11 Å². The monoisotopic (exact) mass is 285 g/mol. The molecule has 0 radical (unpaired) electrons. The molecule has 0 aromatic heterocycles. The number of aliphatic carboxylic acids is 1. The molecule has 1 rings (SSSR count). The normalized spacial score (nSPS) is 13.2. The van der Waals surface area contributed by atoms with Crippen LogP contribution in [0.5, 0.6) is 0 Å². The quantitative estimate of drug-likeness (QED) is 0.791. The van der Waals surface area contributed by atoms with Gasteiger partial charge in [-0.2, -0.15) is 0 Å². The number of nitrogens with one attached hydrogen (secondary N) is 1. The minimum absolute atomic E-state index is 0.264. The third-order valence-electron chi connectivity index (χ3n) is 2.75. The Morgan fingerprint density at radius 3 is 2.58 bits per heavy atom. The number of sulfonamides is 1. The minimum Gasteiger partial charge on any atom is -0.481 e. The first-order chi connectivity index (χ1) is 8.80. The molecule has 0 heterocycles. The van der Waals surface area contributed by atoms with Crippen LogP contribution in [0.1, 0.15) is 24.5 Å². The Balaban J connectivity index is 2.58. The molecule has 1 aromatic carbocycles. The first kappa shape index (κ1) is 15.7. The van der Waals surface area contributed by atoms with E-state index in [2.05, 4.69) is 4.72 Å². The van der Waals surface area contributed by atoms with E-state index in [1.54, 1.807) is 6.92 Å². The number of benzene rings is 1. The fraction of sp³-hybridized carbons (Fsp3) is 0.462. The van der Waals surface area contributed by atoms with Gasteiger partial charge >= 0.3 is 5.97 Å². The molecule has 0 saturated heterocycles. The summed E-state index contributed by atoms with van der Waals surface area (Å²) < 4.78 is 25.8. The van der Waals surface area contributed by atoms with E-state index in [9.17, 15) is 13.2 Å². The molecule has 0 aliphatic carbocycles. The second-order valence-corrected chi connectivity index (χ2v) is 6.49. The summed E-state index contributed by atoms with van der Waals surface area (Å²) in [6, 6.07) is 7.51. The molecular formula is C13H19NO4S. The molecule has 1 unspecified atom stereocenters. The molecular weight excluding hydrogens is 266 g/mol. The summed E-state index contributed by atoms with van der Waals surface area (Å²) in [5.74, 6) is -1.50. The molecule has 2 N–H and O–H groups in total. The van der Waals surface area contributed by atoms with E-state index in [-0.39, 0.29) is 18.2 Å². The van der Waals surface area contributed by atoms with Crippen molar-refractivity contribution >= 4 is 16.0 Å². The molecule has 1 atom stereocenters. The largest absolute Gasteiger partial charge is 0.481 e. The van der Waals surface area contributed by atoms with Gasteiger partial charge in [-0.1, -0.05) is 24.3 Å². The number of carboxylic acids is 1. The van der Waals surface area contributed by atoms with Crippen LogP contribution in [-0.2, 0) is 21.2 Å². The molecule has 0 aliphatic rings. The van der Waals surface area contributed by atoms with Gasteiger partial charge in [0.1, 0.15) is 0 Å². The Morgan fingerprint density at radius 1 is 1.37 bits per heavy atom. The van der Waals surface area contributed by atoms with Crippen LogP contribution in [0.2, 0.25) is 0 Å². The van der Waals surface area contributed by atoms with Crippen molar-refractivity contribution in [2.75, 3.05) is 5.75 Å². The zero-order valence-electron chi connectivity index (χ0n) is 11.1. The highest BCUT2D eigenvalue weighted by molar-refractivity contribution is 7.89. The first-order valence-corrected chi connectivity index (χ1v) is 7.71. The summed E-state index contributed by atoms with van der Waals surface area (Å²) in [7, 11) is -3.54. The Bertz CT molecular complexity index is 539. The summed E-state index contributed by atoms with van der Waals surface area (Å²) in [6.45, 7) is 3.74. The minimum atomic E-state index is -3.54. The van der Waals surface area contributed by atoms with Crippen LogP contribution in [0.15, 0.2) is 24.3 Å². The van der Waals surface area contributed by atoms with Gasteiger partial charge in [-0.3, -0.25) is 4.79 Å². The molecule has 0 fully saturated rings. The summed E-state index contributed by atoms with van der Waals surface area (Å²) in [4.78, 5) is 10.4. The van der Waals surface area contributed by atoms with Crippen LogP contribution in [0.4, 0.5) is 0 Å². The fourth-order valence-electron chi connectivity index (χ4n) is 1.80. The van der Waals surface area contributed by atoms with Crippen molar-refractivity contribution < 1.29 is 18.3 Å². The second kappa shape index (κ2) is 6.68. The smallest absolute Gasteiger partial charge is 0.304 e. The van der Waals surface area contributed by atoms with E-state index < -0.39 is 16.0 Å². The van der Waals surface area contributed by atoms with Gasteiger partial charge in [0.2, 0.25) is 10.0 Å². The topological polar surface area (TPSA) is 83.5 Å². The first-order valence-electron chi connectivity index (χ1n) is 6.06. The summed E-state index contributed by atoms with van der Waals surface area (Å²) >= 11 is 0. The van der Waals surface area contributed by atoms with Crippen molar-refractivity contribution in [2.45, 2.75) is 32.7 Å². The molecule has 0 saturated carbocycles. The third kappa shape index (κ3) is 5.85. The van der Waals surface area contributed by atoms with Gasteiger partial charge in [0.15, 0.2) is 0 Å². The maximum atomic E-state index is 11.6. The molecule has 0 bridgehead atoms. The molecule has 6 heteroatoms. The Labute approximate surface area is 113 Å². The lowest BCUT2D eigenvalue weighted by Gasteiger charge is -2.15. The van der Waals surface area contributed by atoms with Crippen molar-refractivity contribution in [2.24, 2.45) is 0 Å². The Morgan fingerprint density at radius 2 is 2.00 bits per heavy atom.